The van der Waals surface area contributed by atoms with Crippen LogP contribution in [0.25, 0.3) is 0 Å². The molecule has 1 atom stereocenters. The normalized spacial score (nSPS) is 12.9. The van der Waals surface area contributed by atoms with Crippen LogP contribution in [0.15, 0.2) is 12.4 Å². The topological polar surface area (TPSA) is 35.6 Å². The van der Waals surface area contributed by atoms with Gasteiger partial charge in [-0.3, -0.25) is 9.36 Å². The van der Waals surface area contributed by atoms with E-state index in [9.17, 15) is 0 Å². The maximum Gasteiger partial charge on any atom is 0.0693 e. The van der Waals surface area contributed by atoms with Crippen LogP contribution in [0.2, 0.25) is 0 Å². The van der Waals surface area contributed by atoms with Gasteiger partial charge in [-0.05, 0) is 27.2 Å². The van der Waals surface area contributed by atoms with E-state index in [1.54, 1.807) is 0 Å². The second-order valence-corrected chi connectivity index (χ2v) is 5.35. The number of aromatic nitrogens is 4. The number of hydrogen-bond donors (Lipinski definition) is 0. The van der Waals surface area contributed by atoms with Crippen LogP contribution < -0.4 is 0 Å². The summed E-state index contributed by atoms with van der Waals surface area (Å²) < 4.78 is 3.95. The lowest BCUT2D eigenvalue weighted by Crippen LogP contribution is -2.04. The fraction of sp³-hybridized carbons (Fsp3) is 0.571. The van der Waals surface area contributed by atoms with Crippen molar-refractivity contribution in [1.82, 2.24) is 19.6 Å². The zero-order valence-corrected chi connectivity index (χ0v) is 12.8. The van der Waals surface area contributed by atoms with E-state index in [0.717, 1.165) is 30.9 Å². The second kappa shape index (κ2) is 5.78. The molecule has 0 N–H and O–H groups in total. The third kappa shape index (κ3) is 2.84. The van der Waals surface area contributed by atoms with Gasteiger partial charge >= 0.3 is 0 Å². The van der Waals surface area contributed by atoms with Crippen LogP contribution in [-0.4, -0.2) is 19.6 Å². The van der Waals surface area contributed by atoms with Gasteiger partial charge in [0.2, 0.25) is 0 Å². The van der Waals surface area contributed by atoms with Gasteiger partial charge in [-0.2, -0.15) is 10.2 Å². The summed E-state index contributed by atoms with van der Waals surface area (Å²) in [5, 5.41) is 8.94. The van der Waals surface area contributed by atoms with Gasteiger partial charge in [0.25, 0.3) is 0 Å². The van der Waals surface area contributed by atoms with Crippen molar-refractivity contribution in [3.63, 3.8) is 0 Å². The molecule has 104 valence electrons. The van der Waals surface area contributed by atoms with Crippen molar-refractivity contribution in [3.8, 4) is 0 Å². The molecule has 0 aliphatic carbocycles. The molecule has 0 fully saturated rings. The Morgan fingerprint density at radius 3 is 2.63 bits per heavy atom. The molecule has 4 nitrogen and oxygen atoms in total. The van der Waals surface area contributed by atoms with E-state index in [4.69, 9.17) is 11.6 Å². The van der Waals surface area contributed by atoms with Gasteiger partial charge < -0.3 is 0 Å². The SMILES string of the molecule is CCC(Cl)c1c(C)nn(Cc2cnn(CC)c2)c1C. The van der Waals surface area contributed by atoms with Crippen molar-refractivity contribution in [2.24, 2.45) is 0 Å². The molecule has 5 heteroatoms. The lowest BCUT2D eigenvalue weighted by molar-refractivity contribution is 0.646. The van der Waals surface area contributed by atoms with Crippen LogP contribution in [-0.2, 0) is 13.1 Å². The average molecular weight is 281 g/mol. The number of nitrogens with zero attached hydrogens (tertiary/aromatic N) is 4. The highest BCUT2D eigenvalue weighted by Crippen LogP contribution is 2.29. The summed E-state index contributed by atoms with van der Waals surface area (Å²) in [5.41, 5.74) is 4.53. The van der Waals surface area contributed by atoms with Gasteiger partial charge in [-0.1, -0.05) is 6.92 Å². The smallest absolute Gasteiger partial charge is 0.0693 e. The van der Waals surface area contributed by atoms with Crippen molar-refractivity contribution < 1.29 is 0 Å². The third-order valence-corrected chi connectivity index (χ3v) is 3.98. The molecule has 2 rings (SSSR count). The van der Waals surface area contributed by atoms with Crippen molar-refractivity contribution in [3.05, 3.63) is 34.9 Å². The molecule has 2 aromatic rings. The highest BCUT2D eigenvalue weighted by Gasteiger charge is 2.18. The summed E-state index contributed by atoms with van der Waals surface area (Å²) >= 11 is 6.37. The molecule has 0 amide bonds. The lowest BCUT2D eigenvalue weighted by Gasteiger charge is -2.07. The zero-order valence-electron chi connectivity index (χ0n) is 12.0. The molecule has 2 aromatic heterocycles. The van der Waals surface area contributed by atoms with E-state index in [1.165, 1.54) is 11.1 Å². The molecule has 0 saturated heterocycles. The molecule has 0 radical (unpaired) electrons. The number of rotatable bonds is 5. The van der Waals surface area contributed by atoms with E-state index >= 15 is 0 Å². The maximum atomic E-state index is 6.37. The van der Waals surface area contributed by atoms with E-state index in [2.05, 4.69) is 37.2 Å². The molecule has 0 saturated carbocycles. The minimum Gasteiger partial charge on any atom is -0.273 e. The minimum atomic E-state index is 0.0483. The highest BCUT2D eigenvalue weighted by molar-refractivity contribution is 6.20. The molecule has 0 aliphatic rings. The van der Waals surface area contributed by atoms with Crippen LogP contribution >= 0.6 is 11.6 Å². The van der Waals surface area contributed by atoms with Crippen molar-refractivity contribution >= 4 is 11.6 Å². The fourth-order valence-electron chi connectivity index (χ4n) is 2.36. The minimum absolute atomic E-state index is 0.0483. The molecule has 0 aromatic carbocycles. The highest BCUT2D eigenvalue weighted by atomic mass is 35.5. The Balaban J connectivity index is 2.26. The van der Waals surface area contributed by atoms with Gasteiger partial charge in [-0.25, -0.2) is 0 Å². The summed E-state index contributed by atoms with van der Waals surface area (Å²) in [4.78, 5) is 0. The predicted octanol–water partition coefficient (Wildman–Crippen LogP) is 3.45. The molecule has 0 aliphatic heterocycles. The summed E-state index contributed by atoms with van der Waals surface area (Å²) in [5.74, 6) is 0. The van der Waals surface area contributed by atoms with E-state index in [-0.39, 0.29) is 5.38 Å². The molecule has 1 unspecified atom stereocenters. The van der Waals surface area contributed by atoms with Crippen molar-refractivity contribution in [2.75, 3.05) is 0 Å². The van der Waals surface area contributed by atoms with Crippen LogP contribution in [0, 0.1) is 13.8 Å². The monoisotopic (exact) mass is 280 g/mol. The van der Waals surface area contributed by atoms with Crippen LogP contribution in [0.3, 0.4) is 0 Å². The summed E-state index contributed by atoms with van der Waals surface area (Å²) in [6, 6.07) is 0. The second-order valence-electron chi connectivity index (χ2n) is 4.82. The Kier molecular flexibility index (Phi) is 4.30. The molecule has 0 spiro atoms. The first-order chi connectivity index (χ1) is 9.06. The van der Waals surface area contributed by atoms with Crippen molar-refractivity contribution in [2.45, 2.75) is 52.6 Å². The van der Waals surface area contributed by atoms with Gasteiger partial charge in [0.05, 0.1) is 23.8 Å². The fourth-order valence-corrected chi connectivity index (χ4v) is 2.67. The van der Waals surface area contributed by atoms with Crippen LogP contribution in [0.1, 0.15) is 48.2 Å². The number of aryl methyl sites for hydroxylation is 2. The maximum absolute atomic E-state index is 6.37. The number of hydrogen-bond acceptors (Lipinski definition) is 2. The summed E-state index contributed by atoms with van der Waals surface area (Å²) in [6.07, 6.45) is 4.88. The Labute approximate surface area is 119 Å². The van der Waals surface area contributed by atoms with Gasteiger partial charge in [0, 0.05) is 29.6 Å². The van der Waals surface area contributed by atoms with E-state index in [1.807, 2.05) is 22.5 Å². The first-order valence-electron chi connectivity index (χ1n) is 6.76. The first-order valence-corrected chi connectivity index (χ1v) is 7.19. The molecular weight excluding hydrogens is 260 g/mol. The lowest BCUT2D eigenvalue weighted by atomic mass is 10.1. The zero-order chi connectivity index (χ0) is 14.0. The standard InChI is InChI=1S/C14H21ClN4/c1-5-13(15)14-10(3)17-19(11(14)4)9-12-7-16-18(6-2)8-12/h7-8,13H,5-6,9H2,1-4H3. The molecule has 19 heavy (non-hydrogen) atoms. The Morgan fingerprint density at radius 2 is 2.05 bits per heavy atom. The Morgan fingerprint density at radius 1 is 1.32 bits per heavy atom. The van der Waals surface area contributed by atoms with Crippen LogP contribution in [0.5, 0.6) is 0 Å². The Hall–Kier alpha value is -1.29. The summed E-state index contributed by atoms with van der Waals surface area (Å²) in [7, 11) is 0. The predicted molar refractivity (Wildman–Crippen MR) is 77.6 cm³/mol. The largest absolute Gasteiger partial charge is 0.273 e. The van der Waals surface area contributed by atoms with E-state index in [0.29, 0.717) is 0 Å². The average Bonchev–Trinajstić information content (AvgIpc) is 2.95. The molecule has 2 heterocycles. The van der Waals surface area contributed by atoms with Gasteiger partial charge in [-0.15, -0.1) is 11.6 Å². The first kappa shape index (κ1) is 14.1. The number of alkyl halides is 1. The van der Waals surface area contributed by atoms with Crippen molar-refractivity contribution in [1.29, 1.82) is 0 Å². The van der Waals surface area contributed by atoms with Crippen LogP contribution in [0.4, 0.5) is 0 Å². The molecular formula is C14H21ClN4. The quantitative estimate of drug-likeness (QED) is 0.787. The summed E-state index contributed by atoms with van der Waals surface area (Å²) in [6.45, 7) is 9.93. The molecule has 0 bridgehead atoms. The number of halogens is 1. The third-order valence-electron chi connectivity index (χ3n) is 3.45. The van der Waals surface area contributed by atoms with E-state index < -0.39 is 0 Å². The Bertz CT molecular complexity index is 556. The van der Waals surface area contributed by atoms with Gasteiger partial charge in [0.1, 0.15) is 0 Å². The van der Waals surface area contributed by atoms with Gasteiger partial charge in [0.15, 0.2) is 0 Å².